The summed E-state index contributed by atoms with van der Waals surface area (Å²) >= 11 is 0. The normalized spacial score (nSPS) is 19.5. The summed E-state index contributed by atoms with van der Waals surface area (Å²) in [5, 5.41) is 10.1. The van der Waals surface area contributed by atoms with E-state index in [0.29, 0.717) is 13.0 Å². The maximum Gasteiger partial charge on any atom is 0.414 e. The van der Waals surface area contributed by atoms with Gasteiger partial charge in [-0.3, -0.25) is 4.90 Å². The molecule has 0 atom stereocenters. The molecule has 1 fully saturated rings. The molecule has 1 heterocycles. The Bertz CT molecular complexity index is 584. The number of aryl methyl sites for hydroxylation is 1. The lowest BCUT2D eigenvalue weighted by Crippen LogP contribution is -2.39. The third kappa shape index (κ3) is 3.43. The molecule has 1 N–H and O–H groups in total. The quantitative estimate of drug-likeness (QED) is 0.910. The van der Waals surface area contributed by atoms with Crippen LogP contribution in [0.5, 0.6) is 0 Å². The number of fused-ring (bicyclic) bond motifs is 1. The average Bonchev–Trinajstić information content (AvgIpc) is 3.13. The van der Waals surface area contributed by atoms with Crippen LogP contribution in [-0.2, 0) is 17.6 Å². The van der Waals surface area contributed by atoms with Crippen molar-refractivity contribution in [2.45, 2.75) is 64.1 Å². The maximum atomic E-state index is 12.4. The molecule has 0 spiro atoms. The maximum absolute atomic E-state index is 12.4. The largest absolute Gasteiger partial charge is 0.443 e. The fourth-order valence-electron chi connectivity index (χ4n) is 2.97. The molecule has 1 amide bonds. The topological polar surface area (TPSA) is 49.8 Å². The molecule has 0 saturated heterocycles. The number of benzene rings is 1. The van der Waals surface area contributed by atoms with E-state index in [0.717, 1.165) is 36.9 Å². The van der Waals surface area contributed by atoms with Gasteiger partial charge >= 0.3 is 6.09 Å². The van der Waals surface area contributed by atoms with E-state index in [1.165, 1.54) is 5.56 Å². The van der Waals surface area contributed by atoms with Crippen LogP contribution in [0.1, 0.15) is 51.2 Å². The van der Waals surface area contributed by atoms with Gasteiger partial charge in [0.15, 0.2) is 0 Å². The Morgan fingerprint density at radius 3 is 2.73 bits per heavy atom. The van der Waals surface area contributed by atoms with E-state index in [2.05, 4.69) is 6.07 Å². The van der Waals surface area contributed by atoms with Crippen molar-refractivity contribution in [3.8, 4) is 0 Å². The molecule has 1 aliphatic carbocycles. The molecule has 0 unspecified atom stereocenters. The zero-order chi connectivity index (χ0) is 16.0. The third-order valence-electron chi connectivity index (χ3n) is 4.24. The third-order valence-corrected chi connectivity index (χ3v) is 4.24. The van der Waals surface area contributed by atoms with Gasteiger partial charge in [0, 0.05) is 13.0 Å². The molecule has 1 aromatic rings. The summed E-state index contributed by atoms with van der Waals surface area (Å²) in [5.41, 5.74) is 2.33. The summed E-state index contributed by atoms with van der Waals surface area (Å²) < 4.78 is 5.50. The number of aliphatic hydroxyl groups is 1. The number of carbonyl (C=O) groups excluding carboxylic acids is 1. The minimum Gasteiger partial charge on any atom is -0.443 e. The molecule has 0 bridgehead atoms. The van der Waals surface area contributed by atoms with Crippen LogP contribution in [0.2, 0.25) is 0 Å². The molecule has 4 nitrogen and oxygen atoms in total. The standard InChI is InChI=1S/C18H25NO3/c1-17(2,3)22-16(20)19-10-4-5-14-11-13(6-7-15(14)19)12-18(21)8-9-18/h6-7,11,21H,4-5,8-10,12H2,1-3H3. The van der Waals surface area contributed by atoms with E-state index in [1.807, 2.05) is 32.9 Å². The fourth-order valence-corrected chi connectivity index (χ4v) is 2.97. The number of ether oxygens (including phenoxy) is 1. The predicted molar refractivity (Wildman–Crippen MR) is 86.2 cm³/mol. The van der Waals surface area contributed by atoms with Gasteiger partial charge in [-0.2, -0.15) is 0 Å². The van der Waals surface area contributed by atoms with E-state index in [1.54, 1.807) is 4.90 Å². The van der Waals surface area contributed by atoms with Crippen LogP contribution in [0.4, 0.5) is 10.5 Å². The van der Waals surface area contributed by atoms with E-state index in [4.69, 9.17) is 4.74 Å². The number of anilines is 1. The van der Waals surface area contributed by atoms with Gasteiger partial charge in [0.05, 0.1) is 11.3 Å². The van der Waals surface area contributed by atoms with E-state index < -0.39 is 11.2 Å². The SMILES string of the molecule is CC(C)(C)OC(=O)N1CCCc2cc(CC3(O)CC3)ccc21. The van der Waals surface area contributed by atoms with Crippen molar-refractivity contribution >= 4 is 11.8 Å². The zero-order valence-electron chi connectivity index (χ0n) is 13.7. The minimum absolute atomic E-state index is 0.276. The first-order valence-electron chi connectivity index (χ1n) is 8.11. The fraction of sp³-hybridized carbons (Fsp3) is 0.611. The zero-order valence-corrected chi connectivity index (χ0v) is 13.7. The highest BCUT2D eigenvalue weighted by atomic mass is 16.6. The molecular weight excluding hydrogens is 278 g/mol. The number of carbonyl (C=O) groups is 1. The second kappa shape index (κ2) is 5.27. The number of hydrogen-bond acceptors (Lipinski definition) is 3. The molecule has 1 aromatic carbocycles. The lowest BCUT2D eigenvalue weighted by atomic mass is 9.97. The average molecular weight is 303 g/mol. The predicted octanol–water partition coefficient (Wildman–Crippen LogP) is 3.44. The van der Waals surface area contributed by atoms with Gasteiger partial charge in [-0.25, -0.2) is 4.79 Å². The minimum atomic E-state index is -0.482. The first kappa shape index (κ1) is 15.3. The van der Waals surface area contributed by atoms with Crippen LogP contribution in [0, 0.1) is 0 Å². The molecule has 1 saturated carbocycles. The van der Waals surface area contributed by atoms with Gasteiger partial charge in [-0.05, 0) is 63.6 Å². The van der Waals surface area contributed by atoms with Crippen molar-refractivity contribution in [1.29, 1.82) is 0 Å². The van der Waals surface area contributed by atoms with Crippen LogP contribution in [0.15, 0.2) is 18.2 Å². The number of nitrogens with zero attached hydrogens (tertiary/aromatic N) is 1. The Balaban J connectivity index is 1.79. The first-order chi connectivity index (χ1) is 10.3. The summed E-state index contributed by atoms with van der Waals surface area (Å²) in [5.74, 6) is 0. The van der Waals surface area contributed by atoms with Gasteiger partial charge in [-0.15, -0.1) is 0 Å². The highest BCUT2D eigenvalue weighted by Crippen LogP contribution is 2.39. The molecule has 1 aliphatic heterocycles. The second-order valence-corrected chi connectivity index (χ2v) is 7.60. The van der Waals surface area contributed by atoms with E-state index in [-0.39, 0.29) is 6.09 Å². The molecule has 4 heteroatoms. The highest BCUT2D eigenvalue weighted by Gasteiger charge is 2.40. The summed E-state index contributed by atoms with van der Waals surface area (Å²) in [6.07, 6.45) is 4.15. The molecular formula is C18H25NO3. The number of rotatable bonds is 2. The van der Waals surface area contributed by atoms with Crippen LogP contribution < -0.4 is 4.90 Å². The van der Waals surface area contributed by atoms with E-state index in [9.17, 15) is 9.90 Å². The van der Waals surface area contributed by atoms with Crippen molar-refractivity contribution < 1.29 is 14.6 Å². The van der Waals surface area contributed by atoms with Crippen LogP contribution >= 0.6 is 0 Å². The van der Waals surface area contributed by atoms with Gasteiger partial charge in [-0.1, -0.05) is 12.1 Å². The Labute approximate surface area is 132 Å². The van der Waals surface area contributed by atoms with Gasteiger partial charge in [0.1, 0.15) is 5.60 Å². The van der Waals surface area contributed by atoms with Gasteiger partial charge < -0.3 is 9.84 Å². The van der Waals surface area contributed by atoms with Crippen LogP contribution in [0.3, 0.4) is 0 Å². The van der Waals surface area contributed by atoms with Crippen molar-refractivity contribution in [1.82, 2.24) is 0 Å². The number of hydrogen-bond donors (Lipinski definition) is 1. The molecule has 120 valence electrons. The molecule has 3 rings (SSSR count). The summed E-state index contributed by atoms with van der Waals surface area (Å²) in [7, 11) is 0. The Hall–Kier alpha value is -1.55. The molecule has 0 radical (unpaired) electrons. The van der Waals surface area contributed by atoms with Gasteiger partial charge in [0.2, 0.25) is 0 Å². The van der Waals surface area contributed by atoms with Crippen molar-refractivity contribution in [2.24, 2.45) is 0 Å². The summed E-state index contributed by atoms with van der Waals surface area (Å²) in [4.78, 5) is 14.1. The van der Waals surface area contributed by atoms with E-state index >= 15 is 0 Å². The highest BCUT2D eigenvalue weighted by molar-refractivity contribution is 5.89. The van der Waals surface area contributed by atoms with Crippen molar-refractivity contribution in [3.05, 3.63) is 29.3 Å². The van der Waals surface area contributed by atoms with Crippen molar-refractivity contribution in [3.63, 3.8) is 0 Å². The smallest absolute Gasteiger partial charge is 0.414 e. The van der Waals surface area contributed by atoms with Crippen LogP contribution in [-0.4, -0.2) is 28.9 Å². The summed E-state index contributed by atoms with van der Waals surface area (Å²) in [6, 6.07) is 6.17. The number of amides is 1. The lowest BCUT2D eigenvalue weighted by Gasteiger charge is -2.32. The first-order valence-corrected chi connectivity index (χ1v) is 8.11. The lowest BCUT2D eigenvalue weighted by molar-refractivity contribution is 0.0577. The second-order valence-electron chi connectivity index (χ2n) is 7.60. The van der Waals surface area contributed by atoms with Gasteiger partial charge in [0.25, 0.3) is 0 Å². The van der Waals surface area contributed by atoms with Crippen LogP contribution in [0.25, 0.3) is 0 Å². The molecule has 0 aromatic heterocycles. The molecule has 2 aliphatic rings. The Kier molecular flexibility index (Phi) is 3.68. The summed E-state index contributed by atoms with van der Waals surface area (Å²) in [6.45, 7) is 6.35. The Morgan fingerprint density at radius 2 is 2.09 bits per heavy atom. The Morgan fingerprint density at radius 1 is 1.36 bits per heavy atom. The molecule has 22 heavy (non-hydrogen) atoms. The monoisotopic (exact) mass is 303 g/mol. The van der Waals surface area contributed by atoms with Crippen molar-refractivity contribution in [2.75, 3.05) is 11.4 Å².